The van der Waals surface area contributed by atoms with Crippen molar-refractivity contribution < 1.29 is 0 Å². The molecule has 0 heterocycles. The van der Waals surface area contributed by atoms with Gasteiger partial charge in [0.05, 0.1) is 0 Å². The van der Waals surface area contributed by atoms with Gasteiger partial charge in [0.2, 0.25) is 0 Å². The average molecular weight is 275 g/mol. The Morgan fingerprint density at radius 2 is 2.21 bits per heavy atom. The molecule has 0 spiro atoms. The van der Waals surface area contributed by atoms with Crippen LogP contribution < -0.4 is 0 Å². The van der Waals surface area contributed by atoms with Gasteiger partial charge in [-0.3, -0.25) is 0 Å². The molecule has 3 heteroatoms. The summed E-state index contributed by atoms with van der Waals surface area (Å²) in [5.41, 5.74) is 1.11. The van der Waals surface area contributed by atoms with Crippen molar-refractivity contribution in [2.45, 2.75) is 0 Å². The molecule has 1 aromatic carbocycles. The maximum absolute atomic E-state index is 5.89. The average Bonchev–Trinajstić information content (AvgIpc) is 2.14. The SMILES string of the molecule is CN(C)CC=C(Br)c1cccc(Cl)c1. The van der Waals surface area contributed by atoms with E-state index in [9.17, 15) is 0 Å². The highest BCUT2D eigenvalue weighted by molar-refractivity contribution is 9.15. The predicted molar refractivity (Wildman–Crippen MR) is 66.9 cm³/mol. The number of rotatable bonds is 3. The van der Waals surface area contributed by atoms with Crippen LogP contribution in [0.3, 0.4) is 0 Å². The number of hydrogen-bond donors (Lipinski definition) is 0. The molecule has 0 radical (unpaired) electrons. The Morgan fingerprint density at radius 1 is 1.50 bits per heavy atom. The van der Waals surface area contributed by atoms with E-state index in [0.29, 0.717) is 0 Å². The largest absolute Gasteiger partial charge is 0.306 e. The Kier molecular flexibility index (Phi) is 4.66. The van der Waals surface area contributed by atoms with Crippen LogP contribution in [-0.4, -0.2) is 25.5 Å². The lowest BCUT2D eigenvalue weighted by atomic mass is 10.2. The molecule has 0 saturated heterocycles. The zero-order chi connectivity index (χ0) is 10.6. The number of likely N-dealkylation sites (N-methyl/N-ethyl adjacent to an activating group) is 1. The van der Waals surface area contributed by atoms with Crippen LogP contribution in [0, 0.1) is 0 Å². The van der Waals surface area contributed by atoms with E-state index in [1.54, 1.807) is 0 Å². The Balaban J connectivity index is 2.78. The van der Waals surface area contributed by atoms with Gasteiger partial charge >= 0.3 is 0 Å². The lowest BCUT2D eigenvalue weighted by molar-refractivity contribution is 0.457. The van der Waals surface area contributed by atoms with Crippen LogP contribution in [0.5, 0.6) is 0 Å². The molecule has 0 atom stereocenters. The molecule has 0 aliphatic rings. The molecule has 0 fully saturated rings. The molecular weight excluding hydrogens is 261 g/mol. The summed E-state index contributed by atoms with van der Waals surface area (Å²) >= 11 is 9.42. The van der Waals surface area contributed by atoms with E-state index in [1.165, 1.54) is 0 Å². The molecule has 0 bridgehead atoms. The molecule has 0 aliphatic heterocycles. The van der Waals surface area contributed by atoms with Crippen LogP contribution in [0.25, 0.3) is 4.48 Å². The molecule has 1 nitrogen and oxygen atoms in total. The first-order valence-corrected chi connectivity index (χ1v) is 5.53. The summed E-state index contributed by atoms with van der Waals surface area (Å²) in [7, 11) is 4.07. The first kappa shape index (κ1) is 11.8. The molecule has 0 N–H and O–H groups in total. The van der Waals surface area contributed by atoms with Gasteiger partial charge in [-0.2, -0.15) is 0 Å². The monoisotopic (exact) mass is 273 g/mol. The highest BCUT2D eigenvalue weighted by atomic mass is 79.9. The summed E-state index contributed by atoms with van der Waals surface area (Å²) in [5.74, 6) is 0. The maximum Gasteiger partial charge on any atom is 0.0412 e. The number of hydrogen-bond acceptors (Lipinski definition) is 1. The molecular formula is C11H13BrClN. The summed E-state index contributed by atoms with van der Waals surface area (Å²) in [6.07, 6.45) is 2.12. The third kappa shape index (κ3) is 3.82. The molecule has 1 aromatic rings. The van der Waals surface area contributed by atoms with Crippen LogP contribution >= 0.6 is 27.5 Å². The fourth-order valence-electron chi connectivity index (χ4n) is 1.02. The first-order valence-electron chi connectivity index (χ1n) is 4.36. The van der Waals surface area contributed by atoms with E-state index in [-0.39, 0.29) is 0 Å². The lowest BCUT2D eigenvalue weighted by Gasteiger charge is -2.06. The molecule has 0 unspecified atom stereocenters. The maximum atomic E-state index is 5.89. The fourth-order valence-corrected chi connectivity index (χ4v) is 1.60. The Labute approximate surface area is 98.5 Å². The highest BCUT2D eigenvalue weighted by Gasteiger charge is 1.97. The van der Waals surface area contributed by atoms with Crippen LogP contribution in [0.2, 0.25) is 5.02 Å². The summed E-state index contributed by atoms with van der Waals surface area (Å²) in [6, 6.07) is 7.79. The molecule has 0 saturated carbocycles. The van der Waals surface area contributed by atoms with Gasteiger partial charge in [0.1, 0.15) is 0 Å². The Morgan fingerprint density at radius 3 is 2.79 bits per heavy atom. The third-order valence-corrected chi connectivity index (χ3v) is 2.75. The normalized spacial score (nSPS) is 12.2. The molecule has 1 rings (SSSR count). The third-order valence-electron chi connectivity index (χ3n) is 1.74. The van der Waals surface area contributed by atoms with Gasteiger partial charge in [-0.1, -0.05) is 45.7 Å². The number of benzene rings is 1. The second-order valence-electron chi connectivity index (χ2n) is 3.32. The molecule has 76 valence electrons. The first-order chi connectivity index (χ1) is 6.59. The zero-order valence-corrected chi connectivity index (χ0v) is 10.6. The smallest absolute Gasteiger partial charge is 0.0412 e. The molecule has 14 heavy (non-hydrogen) atoms. The van der Waals surface area contributed by atoms with Gasteiger partial charge in [0, 0.05) is 16.0 Å². The summed E-state index contributed by atoms with van der Waals surface area (Å²) in [5, 5.41) is 0.762. The Bertz CT molecular complexity index is 334. The minimum atomic E-state index is 0.762. The topological polar surface area (TPSA) is 3.24 Å². The second-order valence-corrected chi connectivity index (χ2v) is 4.62. The van der Waals surface area contributed by atoms with E-state index in [2.05, 4.69) is 26.9 Å². The second kappa shape index (κ2) is 5.54. The molecule has 0 amide bonds. The van der Waals surface area contributed by atoms with Crippen molar-refractivity contribution in [1.29, 1.82) is 0 Å². The summed E-state index contributed by atoms with van der Waals surface area (Å²) < 4.78 is 1.08. The standard InChI is InChI=1S/C11H13BrClN/c1-14(2)7-6-11(12)9-4-3-5-10(13)8-9/h3-6,8H,7H2,1-2H3. The van der Waals surface area contributed by atoms with Crippen LogP contribution in [-0.2, 0) is 0 Å². The van der Waals surface area contributed by atoms with Crippen molar-refractivity contribution in [2.75, 3.05) is 20.6 Å². The van der Waals surface area contributed by atoms with Crippen LogP contribution in [0.1, 0.15) is 5.56 Å². The highest BCUT2D eigenvalue weighted by Crippen LogP contribution is 2.23. The van der Waals surface area contributed by atoms with Crippen molar-refractivity contribution in [1.82, 2.24) is 4.90 Å². The van der Waals surface area contributed by atoms with E-state index < -0.39 is 0 Å². The van der Waals surface area contributed by atoms with Crippen molar-refractivity contribution in [3.05, 3.63) is 40.9 Å². The van der Waals surface area contributed by atoms with Crippen molar-refractivity contribution in [2.24, 2.45) is 0 Å². The van der Waals surface area contributed by atoms with Gasteiger partial charge in [0.15, 0.2) is 0 Å². The van der Waals surface area contributed by atoms with E-state index in [0.717, 1.165) is 21.6 Å². The van der Waals surface area contributed by atoms with Gasteiger partial charge in [-0.15, -0.1) is 0 Å². The minimum absolute atomic E-state index is 0.762. The van der Waals surface area contributed by atoms with Crippen LogP contribution in [0.4, 0.5) is 0 Å². The molecule has 0 aromatic heterocycles. The van der Waals surface area contributed by atoms with Gasteiger partial charge < -0.3 is 4.90 Å². The zero-order valence-electron chi connectivity index (χ0n) is 8.30. The van der Waals surface area contributed by atoms with Crippen molar-refractivity contribution >= 4 is 32.0 Å². The van der Waals surface area contributed by atoms with Gasteiger partial charge in [-0.25, -0.2) is 0 Å². The van der Waals surface area contributed by atoms with E-state index >= 15 is 0 Å². The summed E-state index contributed by atoms with van der Waals surface area (Å²) in [6.45, 7) is 0.910. The van der Waals surface area contributed by atoms with E-state index in [4.69, 9.17) is 11.6 Å². The quantitative estimate of drug-likeness (QED) is 0.813. The lowest BCUT2D eigenvalue weighted by Crippen LogP contribution is -2.10. The minimum Gasteiger partial charge on any atom is -0.306 e. The van der Waals surface area contributed by atoms with Crippen molar-refractivity contribution in [3.63, 3.8) is 0 Å². The molecule has 0 aliphatic carbocycles. The summed E-state index contributed by atoms with van der Waals surface area (Å²) in [4.78, 5) is 2.10. The number of halogens is 2. The number of nitrogens with zero attached hydrogens (tertiary/aromatic N) is 1. The van der Waals surface area contributed by atoms with Gasteiger partial charge in [0.25, 0.3) is 0 Å². The Hall–Kier alpha value is -0.310. The van der Waals surface area contributed by atoms with Crippen LogP contribution in [0.15, 0.2) is 30.3 Å². The van der Waals surface area contributed by atoms with Crippen molar-refractivity contribution in [3.8, 4) is 0 Å². The fraction of sp³-hybridized carbons (Fsp3) is 0.273. The predicted octanol–water partition coefficient (Wildman–Crippen LogP) is 3.64. The van der Waals surface area contributed by atoms with E-state index in [1.807, 2.05) is 38.4 Å². The van der Waals surface area contributed by atoms with Gasteiger partial charge in [-0.05, 0) is 31.8 Å².